The first-order valence-corrected chi connectivity index (χ1v) is 21.2. The van der Waals surface area contributed by atoms with Crippen LogP contribution in [0.5, 0.6) is 5.75 Å². The lowest BCUT2D eigenvalue weighted by Crippen LogP contribution is -2.52. The summed E-state index contributed by atoms with van der Waals surface area (Å²) in [5, 5.41) is 3.06. The molecule has 3 fully saturated rings. The van der Waals surface area contributed by atoms with Crippen LogP contribution < -0.4 is 19.7 Å². The Morgan fingerprint density at radius 1 is 0.984 bits per heavy atom. The minimum absolute atomic E-state index is 0.00372. The molecule has 316 valence electrons. The minimum Gasteiger partial charge on any atom is -0.491 e. The third-order valence-electron chi connectivity index (χ3n) is 11.5. The van der Waals surface area contributed by atoms with Gasteiger partial charge in [0.05, 0.1) is 24.0 Å². The zero-order valence-electron chi connectivity index (χ0n) is 32.6. The molecular formula is C43H40F3N7O7S. The van der Waals surface area contributed by atoms with Crippen molar-refractivity contribution >= 4 is 50.2 Å². The summed E-state index contributed by atoms with van der Waals surface area (Å²) in [6, 6.07) is 15.8. The van der Waals surface area contributed by atoms with E-state index >= 15 is 8.78 Å². The fraction of sp³-hybridized carbons (Fsp3) is 0.302. The van der Waals surface area contributed by atoms with Crippen LogP contribution in [0.3, 0.4) is 0 Å². The predicted molar refractivity (Wildman–Crippen MR) is 219 cm³/mol. The molecule has 2 amide bonds. The average molecular weight is 856 g/mol. The quantitative estimate of drug-likeness (QED) is 0.103. The van der Waals surface area contributed by atoms with Gasteiger partial charge in [0.2, 0.25) is 11.7 Å². The molecule has 1 unspecified atom stereocenters. The number of halogens is 3. The van der Waals surface area contributed by atoms with Gasteiger partial charge in [0.1, 0.15) is 36.0 Å². The van der Waals surface area contributed by atoms with Crippen molar-refractivity contribution in [2.24, 2.45) is 0 Å². The van der Waals surface area contributed by atoms with E-state index in [1.54, 1.807) is 29.3 Å². The molecule has 0 bridgehead atoms. The lowest BCUT2D eigenvalue weighted by molar-refractivity contribution is -0.126. The number of piperidine rings is 1. The van der Waals surface area contributed by atoms with Gasteiger partial charge in [0.25, 0.3) is 5.91 Å². The molecule has 3 N–H and O–H groups in total. The number of hydrogen-bond acceptors (Lipinski definition) is 9. The van der Waals surface area contributed by atoms with E-state index in [2.05, 4.69) is 26.8 Å². The number of nitrogens with zero attached hydrogens (tertiary/aromatic N) is 4. The van der Waals surface area contributed by atoms with E-state index in [0.29, 0.717) is 79.3 Å². The monoisotopic (exact) mass is 855 g/mol. The molecule has 4 aliphatic heterocycles. The zero-order chi connectivity index (χ0) is 42.6. The van der Waals surface area contributed by atoms with Crippen LogP contribution in [0.2, 0.25) is 0 Å². The molecule has 61 heavy (non-hydrogen) atoms. The third-order valence-corrected chi connectivity index (χ3v) is 13.0. The Bertz CT molecular complexity index is 2710. The molecule has 0 saturated carbocycles. The van der Waals surface area contributed by atoms with Gasteiger partial charge in [0.15, 0.2) is 5.82 Å². The topological polar surface area (TPSA) is 166 Å². The highest BCUT2D eigenvalue weighted by molar-refractivity contribution is 7.90. The van der Waals surface area contributed by atoms with E-state index in [9.17, 15) is 27.2 Å². The fourth-order valence-electron chi connectivity index (χ4n) is 8.14. The van der Waals surface area contributed by atoms with Crippen LogP contribution in [0.25, 0.3) is 22.2 Å². The summed E-state index contributed by atoms with van der Waals surface area (Å²) in [7, 11) is -4.36. The van der Waals surface area contributed by atoms with Gasteiger partial charge in [0, 0.05) is 78.6 Å². The molecule has 18 heteroatoms. The van der Waals surface area contributed by atoms with E-state index in [-0.39, 0.29) is 36.4 Å². The summed E-state index contributed by atoms with van der Waals surface area (Å²) in [5.41, 5.74) is 3.15. The van der Waals surface area contributed by atoms with E-state index in [1.807, 2.05) is 35.1 Å². The highest BCUT2D eigenvalue weighted by Gasteiger charge is 2.39. The molecular weight excluding hydrogens is 816 g/mol. The van der Waals surface area contributed by atoms with Crippen molar-refractivity contribution in [2.75, 3.05) is 49.0 Å². The van der Waals surface area contributed by atoms with Gasteiger partial charge in [-0.3, -0.25) is 19.1 Å². The van der Waals surface area contributed by atoms with Crippen molar-refractivity contribution in [1.29, 1.82) is 0 Å². The van der Waals surface area contributed by atoms with Crippen LogP contribution in [0.15, 0.2) is 85.3 Å². The van der Waals surface area contributed by atoms with Gasteiger partial charge in [-0.2, -0.15) is 12.7 Å². The SMILES string of the molecule is C=C1CCC(N2Cc3cc(N4CC(OCCOc5ccc(-c6cnc7[nH]cc(C(=O)c8c(F)ccc(NS(=O)(=O)N9CC[C@@H](F)C9)c8F)c7c6)cc5)C4)ccc3C2=O)C(=O)N1. The maximum atomic E-state index is 15.7. The van der Waals surface area contributed by atoms with Crippen LogP contribution in [0.4, 0.5) is 24.5 Å². The number of alkyl halides is 1. The Morgan fingerprint density at radius 2 is 1.79 bits per heavy atom. The second kappa shape index (κ2) is 16.0. The molecule has 0 radical (unpaired) electrons. The Labute approximate surface area is 348 Å². The highest BCUT2D eigenvalue weighted by atomic mass is 32.2. The van der Waals surface area contributed by atoms with Gasteiger partial charge in [-0.1, -0.05) is 18.7 Å². The molecule has 5 aromatic rings. The van der Waals surface area contributed by atoms with Crippen LogP contribution in [0.1, 0.15) is 51.1 Å². The first-order valence-electron chi connectivity index (χ1n) is 19.8. The summed E-state index contributed by atoms with van der Waals surface area (Å²) in [6.07, 6.45) is 2.73. The second-order valence-electron chi connectivity index (χ2n) is 15.5. The van der Waals surface area contributed by atoms with E-state index < -0.39 is 57.6 Å². The highest BCUT2D eigenvalue weighted by Crippen LogP contribution is 2.34. The number of allylic oxidation sites excluding steroid dienone is 1. The largest absolute Gasteiger partial charge is 0.491 e. The van der Waals surface area contributed by atoms with Crippen molar-refractivity contribution < 1.29 is 45.4 Å². The number of pyridine rings is 1. The molecule has 2 atom stereocenters. The molecule has 0 aliphatic carbocycles. The number of fused-ring (bicyclic) bond motifs is 2. The van der Waals surface area contributed by atoms with Gasteiger partial charge < -0.3 is 29.6 Å². The number of ether oxygens (including phenoxy) is 2. The fourth-order valence-corrected chi connectivity index (χ4v) is 9.41. The van der Waals surface area contributed by atoms with Crippen molar-refractivity contribution in [3.63, 3.8) is 0 Å². The van der Waals surface area contributed by atoms with Gasteiger partial charge in [-0.25, -0.2) is 18.2 Å². The van der Waals surface area contributed by atoms with Crippen LogP contribution in [-0.2, 0) is 26.3 Å². The molecule has 3 aromatic carbocycles. The number of nitrogens with one attached hydrogen (secondary N) is 3. The van der Waals surface area contributed by atoms with Crippen molar-refractivity contribution in [1.82, 2.24) is 24.5 Å². The summed E-state index contributed by atoms with van der Waals surface area (Å²) < 4.78 is 84.7. The van der Waals surface area contributed by atoms with Gasteiger partial charge >= 0.3 is 10.2 Å². The summed E-state index contributed by atoms with van der Waals surface area (Å²) >= 11 is 0. The first-order chi connectivity index (χ1) is 29.3. The number of ketones is 1. The molecule has 2 aromatic heterocycles. The van der Waals surface area contributed by atoms with E-state index in [4.69, 9.17) is 9.47 Å². The molecule has 4 aliphatic rings. The molecule has 0 spiro atoms. The number of H-pyrrole nitrogens is 1. The number of anilines is 2. The summed E-state index contributed by atoms with van der Waals surface area (Å²) in [6.45, 7) is 5.76. The summed E-state index contributed by atoms with van der Waals surface area (Å²) in [4.78, 5) is 50.3. The number of benzene rings is 3. The zero-order valence-corrected chi connectivity index (χ0v) is 33.4. The Morgan fingerprint density at radius 3 is 2.54 bits per heavy atom. The Hall–Kier alpha value is -6.24. The Kier molecular flexibility index (Phi) is 10.5. The standard InChI is InChI=1S/C43H40F3N7O7S/c1-24-2-11-37(42(55)49-24)53-20-27-16-29(5-8-32(27)43(53)56)51-22-31(23-51)60-15-14-59-30-6-3-25(4-7-30)26-17-33-34(19-48-41(33)47-18-26)40(54)38-35(45)9-10-36(39(38)46)50-61(57,58)52-13-12-28(44)21-52/h3-10,16-19,28,31,37,50H,1-2,11-15,20-23H2,(H,47,48)(H,49,55)/t28-,37?/m1/s1. The van der Waals surface area contributed by atoms with Gasteiger partial charge in [-0.05, 0) is 78.9 Å². The number of amides is 2. The number of carbonyl (C=O) groups excluding carboxylic acids is 3. The molecule has 14 nitrogen and oxygen atoms in total. The lowest BCUT2D eigenvalue weighted by atomic mass is 10.00. The number of aromatic nitrogens is 2. The van der Waals surface area contributed by atoms with E-state index in [0.717, 1.165) is 33.3 Å². The van der Waals surface area contributed by atoms with Crippen LogP contribution >= 0.6 is 0 Å². The molecule has 3 saturated heterocycles. The van der Waals surface area contributed by atoms with Crippen LogP contribution in [-0.4, -0.2) is 103 Å². The van der Waals surface area contributed by atoms with Crippen molar-refractivity contribution in [3.8, 4) is 16.9 Å². The summed E-state index contributed by atoms with van der Waals surface area (Å²) in [5.74, 6) is -3.34. The van der Waals surface area contributed by atoms with Gasteiger partial charge in [-0.15, -0.1) is 0 Å². The third kappa shape index (κ3) is 7.81. The van der Waals surface area contributed by atoms with Crippen molar-refractivity contribution in [2.45, 2.75) is 44.1 Å². The maximum absolute atomic E-state index is 15.7. The number of aromatic amines is 1. The minimum atomic E-state index is -4.36. The normalized spacial score (nSPS) is 19.6. The maximum Gasteiger partial charge on any atom is 0.301 e. The first kappa shape index (κ1) is 40.2. The smallest absolute Gasteiger partial charge is 0.301 e. The number of carbonyl (C=O) groups is 3. The van der Waals surface area contributed by atoms with E-state index in [1.165, 1.54) is 6.20 Å². The predicted octanol–water partition coefficient (Wildman–Crippen LogP) is 5.47. The van der Waals surface area contributed by atoms with Crippen LogP contribution in [0, 0.1) is 11.6 Å². The lowest BCUT2D eigenvalue weighted by Gasteiger charge is -2.40. The molecule has 6 heterocycles. The molecule has 9 rings (SSSR count). The van der Waals surface area contributed by atoms with Crippen molar-refractivity contribution in [3.05, 3.63) is 119 Å². The average Bonchev–Trinajstić information content (AvgIpc) is 3.95. The number of rotatable bonds is 13. The number of hydrogen-bond donors (Lipinski definition) is 3. The Balaban J connectivity index is 0.778. The second-order valence-corrected chi connectivity index (χ2v) is 17.1.